The van der Waals surface area contributed by atoms with Crippen LogP contribution in [0.25, 0.3) is 0 Å². The number of carboxylic acid groups (broad SMARTS) is 1. The van der Waals surface area contributed by atoms with Gasteiger partial charge < -0.3 is 14.6 Å². The van der Waals surface area contributed by atoms with Crippen LogP contribution in [-0.4, -0.2) is 29.6 Å². The fourth-order valence-electron chi connectivity index (χ4n) is 11.7. The third-order valence-electron chi connectivity index (χ3n) is 14.3. The minimum Gasteiger partial charge on any atom is -0.481 e. The molecule has 0 amide bonds. The lowest BCUT2D eigenvalue weighted by atomic mass is 9.33. The predicted octanol–water partition coefficient (Wildman–Crippen LogP) is 7.86. The molecule has 208 valence electrons. The maximum atomic E-state index is 12.9. The molecule has 3 unspecified atom stereocenters. The van der Waals surface area contributed by atoms with Crippen LogP contribution in [0.1, 0.15) is 113 Å². The minimum atomic E-state index is -0.559. The Balaban J connectivity index is 1.41. The maximum absolute atomic E-state index is 12.9. The summed E-state index contributed by atoms with van der Waals surface area (Å²) in [5.74, 6) is 1.40. The van der Waals surface area contributed by atoms with Crippen LogP contribution in [0.15, 0.2) is 11.6 Å². The fourth-order valence-corrected chi connectivity index (χ4v) is 11.7. The smallest absolute Gasteiger partial charge is 0.310 e. The number of ether oxygens (including phenoxy) is 2. The number of allylic oxidation sites excluding steroid dienone is 2. The molecule has 5 aliphatic carbocycles. The van der Waals surface area contributed by atoms with Gasteiger partial charge in [0.05, 0.1) is 18.1 Å². The van der Waals surface area contributed by atoms with E-state index in [1.807, 2.05) is 0 Å². The monoisotopic (exact) mass is 512 g/mol. The van der Waals surface area contributed by atoms with E-state index in [-0.39, 0.29) is 33.7 Å². The van der Waals surface area contributed by atoms with E-state index < -0.39 is 17.2 Å². The Labute approximate surface area is 225 Å². The molecule has 4 nitrogen and oxygen atoms in total. The highest BCUT2D eigenvalue weighted by Gasteiger charge is 2.70. The Morgan fingerprint density at radius 2 is 1.62 bits per heavy atom. The molecule has 1 saturated heterocycles. The minimum absolute atomic E-state index is 0.0626. The van der Waals surface area contributed by atoms with Gasteiger partial charge in [-0.3, -0.25) is 4.79 Å². The van der Waals surface area contributed by atoms with Gasteiger partial charge in [-0.15, -0.1) is 0 Å². The topological polar surface area (TPSA) is 55.8 Å². The summed E-state index contributed by atoms with van der Waals surface area (Å²) < 4.78 is 12.9. The molecule has 4 saturated carbocycles. The van der Waals surface area contributed by atoms with Crippen LogP contribution in [0.5, 0.6) is 0 Å². The SMILES string of the molecule is C[C@@H]1CC[C@]2(C(=O)O)CC[C@]3(C)C(=CCC4[C@@]5(C)CC[C@@H]6OC(C)(C)OC[C@]6(C)C5CC[C@]43C)C2[C@H]1C. The Morgan fingerprint density at radius 1 is 0.892 bits per heavy atom. The van der Waals surface area contributed by atoms with E-state index in [0.717, 1.165) is 45.1 Å². The van der Waals surface area contributed by atoms with E-state index in [4.69, 9.17) is 9.47 Å². The molecular formula is C33H52O4. The standard InChI is InChI=1S/C33H52O4/c1-20-11-16-33(27(34)35)18-17-31(7)22(26(33)21(20)2)9-10-24-29(5)14-13-25-30(6,19-36-28(3,4)37-25)23(29)12-15-32(24,31)8/h9,20-21,23-26H,10-19H2,1-8H3,(H,34,35)/t20-,21+,23?,24?,25+,26?,29+,30-,31-,32-,33+/m1/s1. The summed E-state index contributed by atoms with van der Waals surface area (Å²) in [6.45, 7) is 19.9. The number of hydrogen-bond acceptors (Lipinski definition) is 3. The molecule has 6 aliphatic rings. The van der Waals surface area contributed by atoms with Crippen molar-refractivity contribution < 1.29 is 19.4 Å². The summed E-state index contributed by atoms with van der Waals surface area (Å²) in [6, 6.07) is 0. The second-order valence-electron chi connectivity index (χ2n) is 15.9. The highest BCUT2D eigenvalue weighted by Crippen LogP contribution is 2.76. The molecule has 5 fully saturated rings. The quantitative estimate of drug-likeness (QED) is 0.363. The number of fused-ring (bicyclic) bond motifs is 9. The molecule has 6 rings (SSSR count). The van der Waals surface area contributed by atoms with Gasteiger partial charge in [-0.1, -0.05) is 53.2 Å². The van der Waals surface area contributed by atoms with Crippen LogP contribution in [0.3, 0.4) is 0 Å². The lowest BCUT2D eigenvalue weighted by Crippen LogP contribution is -2.68. The van der Waals surface area contributed by atoms with Gasteiger partial charge in [0.25, 0.3) is 0 Å². The van der Waals surface area contributed by atoms with Gasteiger partial charge in [-0.05, 0) is 117 Å². The van der Waals surface area contributed by atoms with Gasteiger partial charge in [0.15, 0.2) is 5.79 Å². The van der Waals surface area contributed by atoms with Gasteiger partial charge in [0, 0.05) is 5.41 Å². The van der Waals surface area contributed by atoms with Crippen molar-refractivity contribution in [3.05, 3.63) is 11.6 Å². The summed E-state index contributed by atoms with van der Waals surface area (Å²) in [7, 11) is 0. The van der Waals surface area contributed by atoms with Crippen LogP contribution in [0.2, 0.25) is 0 Å². The lowest BCUT2D eigenvalue weighted by molar-refractivity contribution is -0.351. The van der Waals surface area contributed by atoms with Gasteiger partial charge in [-0.25, -0.2) is 0 Å². The average Bonchev–Trinajstić information content (AvgIpc) is 2.82. The molecule has 11 atom stereocenters. The fraction of sp³-hybridized carbons (Fsp3) is 0.909. The van der Waals surface area contributed by atoms with Crippen LogP contribution in [0.4, 0.5) is 0 Å². The number of carboxylic acids is 1. The summed E-state index contributed by atoms with van der Waals surface area (Å²) in [4.78, 5) is 12.9. The van der Waals surface area contributed by atoms with E-state index in [0.29, 0.717) is 23.7 Å². The first-order valence-electron chi connectivity index (χ1n) is 15.4. The number of hydrogen-bond donors (Lipinski definition) is 1. The molecule has 37 heavy (non-hydrogen) atoms. The number of rotatable bonds is 1. The molecule has 0 aromatic heterocycles. The highest BCUT2D eigenvalue weighted by molar-refractivity contribution is 5.76. The van der Waals surface area contributed by atoms with Crippen molar-refractivity contribution in [2.45, 2.75) is 125 Å². The zero-order chi connectivity index (χ0) is 26.8. The molecule has 0 aromatic rings. The van der Waals surface area contributed by atoms with E-state index >= 15 is 0 Å². The molecule has 1 heterocycles. The predicted molar refractivity (Wildman–Crippen MR) is 146 cm³/mol. The van der Waals surface area contributed by atoms with Crippen LogP contribution in [-0.2, 0) is 14.3 Å². The molecule has 0 aromatic carbocycles. The number of carbonyl (C=O) groups is 1. The Hall–Kier alpha value is -0.870. The van der Waals surface area contributed by atoms with Crippen molar-refractivity contribution in [2.24, 2.45) is 56.7 Å². The second-order valence-corrected chi connectivity index (χ2v) is 15.9. The van der Waals surface area contributed by atoms with Crippen LogP contribution in [0, 0.1) is 56.7 Å². The van der Waals surface area contributed by atoms with E-state index in [2.05, 4.69) is 61.5 Å². The average molecular weight is 513 g/mol. The third kappa shape index (κ3) is 3.18. The maximum Gasteiger partial charge on any atom is 0.310 e. The van der Waals surface area contributed by atoms with Crippen molar-refractivity contribution in [3.63, 3.8) is 0 Å². The van der Waals surface area contributed by atoms with Crippen molar-refractivity contribution in [3.8, 4) is 0 Å². The zero-order valence-electron chi connectivity index (χ0n) is 24.8. The van der Waals surface area contributed by atoms with Crippen molar-refractivity contribution in [2.75, 3.05) is 6.61 Å². The largest absolute Gasteiger partial charge is 0.481 e. The molecule has 0 spiro atoms. The number of aliphatic carboxylic acids is 1. The zero-order valence-corrected chi connectivity index (χ0v) is 24.8. The first kappa shape index (κ1) is 26.4. The normalized spacial score (nSPS) is 56.5. The second kappa shape index (κ2) is 7.87. The highest BCUT2D eigenvalue weighted by atomic mass is 16.7. The summed E-state index contributed by atoms with van der Waals surface area (Å²) in [6.07, 6.45) is 12.6. The molecular weight excluding hydrogens is 460 g/mol. The third-order valence-corrected chi connectivity index (χ3v) is 14.3. The summed E-state index contributed by atoms with van der Waals surface area (Å²) in [5.41, 5.74) is 1.57. The summed E-state index contributed by atoms with van der Waals surface area (Å²) in [5, 5.41) is 10.6. The molecule has 0 radical (unpaired) electrons. The van der Waals surface area contributed by atoms with Crippen molar-refractivity contribution in [1.29, 1.82) is 0 Å². The lowest BCUT2D eigenvalue weighted by Gasteiger charge is -2.72. The van der Waals surface area contributed by atoms with Gasteiger partial charge in [-0.2, -0.15) is 0 Å². The van der Waals surface area contributed by atoms with E-state index in [9.17, 15) is 9.90 Å². The Bertz CT molecular complexity index is 1020. The van der Waals surface area contributed by atoms with Crippen molar-refractivity contribution in [1.82, 2.24) is 0 Å². The summed E-state index contributed by atoms with van der Waals surface area (Å²) >= 11 is 0. The van der Waals surface area contributed by atoms with Crippen LogP contribution >= 0.6 is 0 Å². The van der Waals surface area contributed by atoms with Gasteiger partial charge in [0.2, 0.25) is 0 Å². The first-order valence-corrected chi connectivity index (χ1v) is 15.4. The first-order chi connectivity index (χ1) is 17.1. The van der Waals surface area contributed by atoms with Crippen molar-refractivity contribution >= 4 is 5.97 Å². The van der Waals surface area contributed by atoms with E-state index in [1.165, 1.54) is 24.8 Å². The van der Waals surface area contributed by atoms with Crippen LogP contribution < -0.4 is 0 Å². The van der Waals surface area contributed by atoms with E-state index in [1.54, 1.807) is 0 Å². The van der Waals surface area contributed by atoms with Gasteiger partial charge >= 0.3 is 5.97 Å². The molecule has 1 N–H and O–H groups in total. The Kier molecular flexibility index (Phi) is 5.60. The molecule has 1 aliphatic heterocycles. The molecule has 0 bridgehead atoms. The Morgan fingerprint density at radius 3 is 2.32 bits per heavy atom. The molecule has 4 heteroatoms. The van der Waals surface area contributed by atoms with Gasteiger partial charge in [0.1, 0.15) is 0 Å².